The Kier molecular flexibility index (Phi) is 4.93. The molecular weight excluding hydrogens is 280 g/mol. The summed E-state index contributed by atoms with van der Waals surface area (Å²) in [6, 6.07) is 7.45. The largest absolute Gasteiger partial charge is 0.494 e. The number of anilines is 1. The molecule has 0 fully saturated rings. The van der Waals surface area contributed by atoms with Gasteiger partial charge < -0.3 is 15.8 Å². The highest BCUT2D eigenvalue weighted by Crippen LogP contribution is 2.22. The number of nitrogens with zero attached hydrogens (tertiary/aromatic N) is 2. The zero-order valence-corrected chi connectivity index (χ0v) is 13.0. The molecule has 1 aromatic carbocycles. The first kappa shape index (κ1) is 15.8. The molecule has 116 valence electrons. The van der Waals surface area contributed by atoms with Gasteiger partial charge in [0.25, 0.3) is 5.91 Å². The van der Waals surface area contributed by atoms with Gasteiger partial charge >= 0.3 is 0 Å². The molecule has 22 heavy (non-hydrogen) atoms. The van der Waals surface area contributed by atoms with Gasteiger partial charge in [0.05, 0.1) is 12.2 Å². The molecule has 0 aliphatic carbocycles. The standard InChI is InChI=1S/C16H20N4O2/c1-4-22-12-7-5-6-11(8-12)15-18-9-13(14(17)20-15)16(21)19-10(2)3/h5-10H,4H2,1-3H3,(H,19,21)(H2,17,18,20). The van der Waals surface area contributed by atoms with Gasteiger partial charge in [-0.05, 0) is 32.9 Å². The quantitative estimate of drug-likeness (QED) is 0.884. The highest BCUT2D eigenvalue weighted by atomic mass is 16.5. The summed E-state index contributed by atoms with van der Waals surface area (Å²) in [5.74, 6) is 1.08. The van der Waals surface area contributed by atoms with Crippen LogP contribution in [0.15, 0.2) is 30.5 Å². The Hall–Kier alpha value is -2.63. The number of benzene rings is 1. The van der Waals surface area contributed by atoms with Crippen molar-refractivity contribution in [3.05, 3.63) is 36.0 Å². The van der Waals surface area contributed by atoms with Crippen molar-refractivity contribution < 1.29 is 9.53 Å². The molecule has 0 saturated heterocycles. The Morgan fingerprint density at radius 3 is 2.82 bits per heavy atom. The molecule has 0 saturated carbocycles. The fourth-order valence-electron chi connectivity index (χ4n) is 1.94. The van der Waals surface area contributed by atoms with E-state index in [1.165, 1.54) is 6.20 Å². The molecule has 0 spiro atoms. The Balaban J connectivity index is 2.29. The van der Waals surface area contributed by atoms with E-state index in [0.717, 1.165) is 11.3 Å². The molecule has 1 aromatic heterocycles. The number of ether oxygens (including phenoxy) is 1. The lowest BCUT2D eigenvalue weighted by atomic mass is 10.2. The van der Waals surface area contributed by atoms with Gasteiger partial charge in [-0.1, -0.05) is 12.1 Å². The minimum Gasteiger partial charge on any atom is -0.494 e. The summed E-state index contributed by atoms with van der Waals surface area (Å²) in [6.07, 6.45) is 1.45. The van der Waals surface area contributed by atoms with Crippen molar-refractivity contribution in [2.45, 2.75) is 26.8 Å². The van der Waals surface area contributed by atoms with E-state index >= 15 is 0 Å². The lowest BCUT2D eigenvalue weighted by molar-refractivity contribution is 0.0943. The Morgan fingerprint density at radius 2 is 2.18 bits per heavy atom. The molecular formula is C16H20N4O2. The van der Waals surface area contributed by atoms with Gasteiger partial charge in [0, 0.05) is 17.8 Å². The van der Waals surface area contributed by atoms with Crippen LogP contribution in [0.4, 0.5) is 5.82 Å². The number of carbonyl (C=O) groups is 1. The number of nitrogen functional groups attached to an aromatic ring is 1. The van der Waals surface area contributed by atoms with Crippen LogP contribution in [0.3, 0.4) is 0 Å². The first-order valence-electron chi connectivity index (χ1n) is 7.18. The molecule has 0 aliphatic heterocycles. The smallest absolute Gasteiger partial charge is 0.256 e. The van der Waals surface area contributed by atoms with E-state index in [2.05, 4.69) is 15.3 Å². The van der Waals surface area contributed by atoms with E-state index in [-0.39, 0.29) is 23.3 Å². The van der Waals surface area contributed by atoms with E-state index in [0.29, 0.717) is 12.4 Å². The highest BCUT2D eigenvalue weighted by Gasteiger charge is 2.14. The van der Waals surface area contributed by atoms with Crippen molar-refractivity contribution in [2.24, 2.45) is 0 Å². The molecule has 6 nitrogen and oxygen atoms in total. The van der Waals surface area contributed by atoms with Crippen molar-refractivity contribution in [1.82, 2.24) is 15.3 Å². The maximum Gasteiger partial charge on any atom is 0.256 e. The van der Waals surface area contributed by atoms with Gasteiger partial charge in [0.15, 0.2) is 5.82 Å². The summed E-state index contributed by atoms with van der Waals surface area (Å²) in [4.78, 5) is 20.4. The normalized spacial score (nSPS) is 10.5. The van der Waals surface area contributed by atoms with E-state index in [1.54, 1.807) is 0 Å². The lowest BCUT2D eigenvalue weighted by Crippen LogP contribution is -2.31. The summed E-state index contributed by atoms with van der Waals surface area (Å²) >= 11 is 0. The van der Waals surface area contributed by atoms with E-state index < -0.39 is 0 Å². The van der Waals surface area contributed by atoms with Gasteiger partial charge in [-0.2, -0.15) is 0 Å². The van der Waals surface area contributed by atoms with Crippen molar-refractivity contribution >= 4 is 11.7 Å². The number of hydrogen-bond donors (Lipinski definition) is 2. The van der Waals surface area contributed by atoms with Gasteiger partial charge in [-0.3, -0.25) is 4.79 Å². The van der Waals surface area contributed by atoms with Crippen LogP contribution in [-0.2, 0) is 0 Å². The zero-order chi connectivity index (χ0) is 16.1. The minimum atomic E-state index is -0.276. The monoisotopic (exact) mass is 300 g/mol. The molecule has 2 rings (SSSR count). The Morgan fingerprint density at radius 1 is 1.41 bits per heavy atom. The fraction of sp³-hybridized carbons (Fsp3) is 0.312. The Labute approximate surface area is 129 Å². The van der Waals surface area contributed by atoms with Gasteiger partial charge in [0.1, 0.15) is 11.6 Å². The first-order chi connectivity index (χ1) is 10.5. The third-order valence-corrected chi connectivity index (χ3v) is 2.89. The highest BCUT2D eigenvalue weighted by molar-refractivity contribution is 5.98. The number of carbonyl (C=O) groups excluding carboxylic acids is 1. The number of nitrogens with two attached hydrogens (primary N) is 1. The molecule has 1 heterocycles. The molecule has 0 bridgehead atoms. The summed E-state index contributed by atoms with van der Waals surface area (Å²) in [5, 5.41) is 2.77. The van der Waals surface area contributed by atoms with E-state index in [4.69, 9.17) is 10.5 Å². The average Bonchev–Trinajstić information content (AvgIpc) is 2.47. The second kappa shape index (κ2) is 6.89. The van der Waals surface area contributed by atoms with Crippen LogP contribution in [0, 0.1) is 0 Å². The van der Waals surface area contributed by atoms with Crippen molar-refractivity contribution in [2.75, 3.05) is 12.3 Å². The van der Waals surface area contributed by atoms with Crippen LogP contribution in [0.2, 0.25) is 0 Å². The van der Waals surface area contributed by atoms with Crippen LogP contribution in [0.25, 0.3) is 11.4 Å². The summed E-state index contributed by atoms with van der Waals surface area (Å²) < 4.78 is 5.45. The third-order valence-electron chi connectivity index (χ3n) is 2.89. The molecule has 0 radical (unpaired) electrons. The molecule has 2 aromatic rings. The maximum absolute atomic E-state index is 12.0. The molecule has 6 heteroatoms. The van der Waals surface area contributed by atoms with Gasteiger partial charge in [-0.15, -0.1) is 0 Å². The van der Waals surface area contributed by atoms with Gasteiger partial charge in [0.2, 0.25) is 0 Å². The summed E-state index contributed by atoms with van der Waals surface area (Å²) in [6.45, 7) is 6.26. The number of amides is 1. The average molecular weight is 300 g/mol. The summed E-state index contributed by atoms with van der Waals surface area (Å²) in [5.41, 5.74) is 6.95. The van der Waals surface area contributed by atoms with Crippen LogP contribution < -0.4 is 15.8 Å². The predicted molar refractivity (Wildman–Crippen MR) is 85.7 cm³/mol. The Bertz CT molecular complexity index is 671. The molecule has 3 N–H and O–H groups in total. The van der Waals surface area contributed by atoms with Crippen molar-refractivity contribution in [3.8, 4) is 17.1 Å². The SMILES string of the molecule is CCOc1cccc(-c2ncc(C(=O)NC(C)C)c(N)n2)c1. The molecule has 0 unspecified atom stereocenters. The topological polar surface area (TPSA) is 90.1 Å². The first-order valence-corrected chi connectivity index (χ1v) is 7.18. The predicted octanol–water partition coefficient (Wildman–Crippen LogP) is 2.26. The lowest BCUT2D eigenvalue weighted by Gasteiger charge is -2.10. The second-order valence-corrected chi connectivity index (χ2v) is 5.08. The number of aromatic nitrogens is 2. The second-order valence-electron chi connectivity index (χ2n) is 5.08. The van der Waals surface area contributed by atoms with E-state index in [9.17, 15) is 4.79 Å². The number of hydrogen-bond acceptors (Lipinski definition) is 5. The van der Waals surface area contributed by atoms with Crippen molar-refractivity contribution in [1.29, 1.82) is 0 Å². The third kappa shape index (κ3) is 3.72. The van der Waals surface area contributed by atoms with Crippen LogP contribution >= 0.6 is 0 Å². The number of nitrogens with one attached hydrogen (secondary N) is 1. The molecule has 0 aliphatic rings. The summed E-state index contributed by atoms with van der Waals surface area (Å²) in [7, 11) is 0. The minimum absolute atomic E-state index is 0.0226. The maximum atomic E-state index is 12.0. The van der Waals surface area contributed by atoms with E-state index in [1.807, 2.05) is 45.0 Å². The van der Waals surface area contributed by atoms with Crippen LogP contribution in [-0.4, -0.2) is 28.5 Å². The zero-order valence-electron chi connectivity index (χ0n) is 13.0. The molecule has 0 atom stereocenters. The molecule has 1 amide bonds. The fourth-order valence-corrected chi connectivity index (χ4v) is 1.94. The van der Waals surface area contributed by atoms with Gasteiger partial charge in [-0.25, -0.2) is 9.97 Å². The van der Waals surface area contributed by atoms with Crippen molar-refractivity contribution in [3.63, 3.8) is 0 Å². The van der Waals surface area contributed by atoms with Crippen LogP contribution in [0.1, 0.15) is 31.1 Å². The number of rotatable bonds is 5. The van der Waals surface area contributed by atoms with Crippen LogP contribution in [0.5, 0.6) is 5.75 Å².